The minimum Gasteiger partial charge on any atom is -0.507 e. The predicted molar refractivity (Wildman–Crippen MR) is 119 cm³/mol. The third kappa shape index (κ3) is 3.98. The SMILES string of the molecule is O=C(NN1C(=O)CSC1=S)c1ccc(N=Cc2c(O)ccc3ccccc23)cc1. The average Bonchev–Trinajstić information content (AvgIpc) is 3.05. The van der Waals surface area contributed by atoms with Crippen LogP contribution in [0.25, 0.3) is 10.8 Å². The van der Waals surface area contributed by atoms with Gasteiger partial charge in [0, 0.05) is 17.3 Å². The average molecular weight is 422 g/mol. The highest BCUT2D eigenvalue weighted by Crippen LogP contribution is 2.26. The van der Waals surface area contributed by atoms with E-state index in [1.807, 2.05) is 30.3 Å². The second-order valence-corrected chi connectivity index (χ2v) is 7.86. The highest BCUT2D eigenvalue weighted by molar-refractivity contribution is 8.23. The summed E-state index contributed by atoms with van der Waals surface area (Å²) in [5, 5.41) is 13.2. The van der Waals surface area contributed by atoms with Crippen LogP contribution in [-0.2, 0) is 4.79 Å². The Balaban J connectivity index is 1.52. The van der Waals surface area contributed by atoms with Gasteiger partial charge in [-0.05, 0) is 41.1 Å². The van der Waals surface area contributed by atoms with Crippen molar-refractivity contribution < 1.29 is 14.7 Å². The predicted octanol–water partition coefficient (Wildman–Crippen LogP) is 3.80. The van der Waals surface area contributed by atoms with Gasteiger partial charge in [-0.3, -0.25) is 20.0 Å². The van der Waals surface area contributed by atoms with E-state index >= 15 is 0 Å². The summed E-state index contributed by atoms with van der Waals surface area (Å²) in [4.78, 5) is 28.4. The van der Waals surface area contributed by atoms with E-state index in [1.54, 1.807) is 36.5 Å². The van der Waals surface area contributed by atoms with Crippen molar-refractivity contribution in [2.75, 3.05) is 5.75 Å². The lowest BCUT2D eigenvalue weighted by molar-refractivity contribution is -0.125. The van der Waals surface area contributed by atoms with Crippen LogP contribution in [0.2, 0.25) is 0 Å². The highest BCUT2D eigenvalue weighted by atomic mass is 32.2. The molecule has 0 atom stereocenters. The molecule has 1 fully saturated rings. The summed E-state index contributed by atoms with van der Waals surface area (Å²) in [7, 11) is 0. The molecule has 0 aromatic heterocycles. The number of nitrogens with zero attached hydrogens (tertiary/aromatic N) is 2. The molecule has 0 unspecified atom stereocenters. The van der Waals surface area contributed by atoms with E-state index in [9.17, 15) is 14.7 Å². The molecule has 2 N–H and O–H groups in total. The Morgan fingerprint density at radius 3 is 2.62 bits per heavy atom. The van der Waals surface area contributed by atoms with Crippen LogP contribution in [0.4, 0.5) is 5.69 Å². The van der Waals surface area contributed by atoms with Gasteiger partial charge in [-0.25, -0.2) is 5.01 Å². The molecule has 6 nitrogen and oxygen atoms in total. The second kappa shape index (κ2) is 8.02. The second-order valence-electron chi connectivity index (χ2n) is 6.25. The summed E-state index contributed by atoms with van der Waals surface area (Å²) in [6.07, 6.45) is 1.60. The Morgan fingerprint density at radius 2 is 1.90 bits per heavy atom. The van der Waals surface area contributed by atoms with E-state index in [2.05, 4.69) is 10.4 Å². The number of aliphatic imine (C=N–C) groups is 1. The number of hydrazine groups is 1. The van der Waals surface area contributed by atoms with Gasteiger partial charge in [-0.2, -0.15) is 0 Å². The van der Waals surface area contributed by atoms with Gasteiger partial charge in [0.25, 0.3) is 11.8 Å². The van der Waals surface area contributed by atoms with Gasteiger partial charge in [0.1, 0.15) is 5.75 Å². The molecule has 2 amide bonds. The summed E-state index contributed by atoms with van der Waals surface area (Å²) in [5.41, 5.74) is 4.14. The van der Waals surface area contributed by atoms with Crippen LogP contribution in [0.5, 0.6) is 5.75 Å². The number of fused-ring (bicyclic) bond motifs is 1. The zero-order valence-electron chi connectivity index (χ0n) is 15.0. The number of thiocarbonyl (C=S) groups is 1. The third-order valence-electron chi connectivity index (χ3n) is 4.38. The molecule has 1 aliphatic rings. The molecular weight excluding hydrogens is 406 g/mol. The lowest BCUT2D eigenvalue weighted by atomic mass is 10.0. The maximum atomic E-state index is 12.3. The summed E-state index contributed by atoms with van der Waals surface area (Å²) in [6.45, 7) is 0. The number of phenolic OH excluding ortho intramolecular Hbond substituents is 1. The minimum absolute atomic E-state index is 0.146. The molecule has 4 rings (SSSR count). The summed E-state index contributed by atoms with van der Waals surface area (Å²) in [5.74, 6) is -0.296. The fourth-order valence-corrected chi connectivity index (χ4v) is 3.86. The Hall–Kier alpha value is -3.23. The van der Waals surface area contributed by atoms with Crippen molar-refractivity contribution in [3.05, 3.63) is 71.8 Å². The molecule has 1 heterocycles. The number of nitrogens with one attached hydrogen (secondary N) is 1. The number of thioether (sulfide) groups is 1. The topological polar surface area (TPSA) is 82.0 Å². The van der Waals surface area contributed by atoms with Crippen molar-refractivity contribution in [1.82, 2.24) is 10.4 Å². The van der Waals surface area contributed by atoms with E-state index in [0.29, 0.717) is 21.1 Å². The Labute approximate surface area is 176 Å². The van der Waals surface area contributed by atoms with Crippen LogP contribution < -0.4 is 5.43 Å². The van der Waals surface area contributed by atoms with Crippen molar-refractivity contribution in [3.63, 3.8) is 0 Å². The maximum absolute atomic E-state index is 12.3. The maximum Gasteiger partial charge on any atom is 0.270 e. The molecule has 144 valence electrons. The van der Waals surface area contributed by atoms with Gasteiger partial charge >= 0.3 is 0 Å². The third-order valence-corrected chi connectivity index (χ3v) is 5.74. The lowest BCUT2D eigenvalue weighted by Crippen LogP contribution is -2.45. The molecular formula is C21H15N3O3S2. The quantitative estimate of drug-likeness (QED) is 0.495. The number of carbonyl (C=O) groups excluding carboxylic acids is 2. The van der Waals surface area contributed by atoms with Crippen LogP contribution in [-0.4, -0.2) is 38.2 Å². The Kier molecular flexibility index (Phi) is 5.28. The molecule has 3 aromatic carbocycles. The van der Waals surface area contributed by atoms with Gasteiger partial charge in [-0.15, -0.1) is 0 Å². The number of benzene rings is 3. The smallest absolute Gasteiger partial charge is 0.270 e. The molecule has 0 saturated carbocycles. The summed E-state index contributed by atoms with van der Waals surface area (Å²) in [6, 6.07) is 17.8. The first kappa shape index (κ1) is 19.1. The fourth-order valence-electron chi connectivity index (χ4n) is 2.89. The number of amides is 2. The monoisotopic (exact) mass is 421 g/mol. The molecule has 0 spiro atoms. The summed E-state index contributed by atoms with van der Waals surface area (Å²) < 4.78 is 0.333. The zero-order valence-corrected chi connectivity index (χ0v) is 16.7. The van der Waals surface area contributed by atoms with Crippen molar-refractivity contribution in [2.45, 2.75) is 0 Å². The molecule has 8 heteroatoms. The molecule has 0 aliphatic carbocycles. The Bertz CT molecular complexity index is 1140. The first-order valence-corrected chi connectivity index (χ1v) is 10.1. The lowest BCUT2D eigenvalue weighted by Gasteiger charge is -2.15. The number of aromatic hydroxyl groups is 1. The van der Waals surface area contributed by atoms with Gasteiger partial charge in [0.2, 0.25) is 0 Å². The van der Waals surface area contributed by atoms with E-state index in [4.69, 9.17) is 12.2 Å². The fraction of sp³-hybridized carbons (Fsp3) is 0.0476. The van der Waals surface area contributed by atoms with Crippen molar-refractivity contribution in [2.24, 2.45) is 4.99 Å². The first-order chi connectivity index (χ1) is 14.0. The van der Waals surface area contributed by atoms with E-state index < -0.39 is 5.91 Å². The molecule has 1 saturated heterocycles. The number of phenols is 1. The molecule has 0 radical (unpaired) electrons. The van der Waals surface area contributed by atoms with E-state index in [0.717, 1.165) is 15.8 Å². The van der Waals surface area contributed by atoms with E-state index in [-0.39, 0.29) is 17.4 Å². The molecule has 29 heavy (non-hydrogen) atoms. The number of hydrogen-bond donors (Lipinski definition) is 2. The molecule has 0 bridgehead atoms. The van der Waals surface area contributed by atoms with Crippen molar-refractivity contribution >= 4 is 62.8 Å². The van der Waals surface area contributed by atoms with Gasteiger partial charge in [-0.1, -0.05) is 54.3 Å². The minimum atomic E-state index is -0.426. The highest BCUT2D eigenvalue weighted by Gasteiger charge is 2.28. The normalized spacial score (nSPS) is 14.1. The van der Waals surface area contributed by atoms with Crippen LogP contribution in [0.1, 0.15) is 15.9 Å². The number of carbonyl (C=O) groups is 2. The van der Waals surface area contributed by atoms with Crippen LogP contribution >= 0.6 is 24.0 Å². The van der Waals surface area contributed by atoms with Crippen LogP contribution in [0.15, 0.2) is 65.7 Å². The van der Waals surface area contributed by atoms with E-state index in [1.165, 1.54) is 11.8 Å². The van der Waals surface area contributed by atoms with Gasteiger partial charge in [0.15, 0.2) is 4.32 Å². The van der Waals surface area contributed by atoms with Gasteiger partial charge in [0.05, 0.1) is 11.4 Å². The van der Waals surface area contributed by atoms with Gasteiger partial charge < -0.3 is 5.11 Å². The van der Waals surface area contributed by atoms with Crippen LogP contribution in [0.3, 0.4) is 0 Å². The Morgan fingerprint density at radius 1 is 1.14 bits per heavy atom. The van der Waals surface area contributed by atoms with Crippen LogP contribution in [0, 0.1) is 0 Å². The van der Waals surface area contributed by atoms with Crippen molar-refractivity contribution in [1.29, 1.82) is 0 Å². The zero-order chi connectivity index (χ0) is 20.4. The standard InChI is InChI=1S/C21H15N3O3S2/c25-18-10-7-13-3-1-2-4-16(13)17(18)11-22-15-8-5-14(6-9-15)20(27)23-24-19(26)12-29-21(24)28/h1-11,25H,12H2,(H,23,27). The first-order valence-electron chi connectivity index (χ1n) is 8.68. The number of rotatable bonds is 4. The van der Waals surface area contributed by atoms with Crippen molar-refractivity contribution in [3.8, 4) is 5.75 Å². The molecule has 1 aliphatic heterocycles. The summed E-state index contributed by atoms with van der Waals surface area (Å²) >= 11 is 6.26. The number of hydrogen-bond acceptors (Lipinski definition) is 6. The molecule has 3 aromatic rings. The largest absolute Gasteiger partial charge is 0.507 e.